The molecular formula is C78H105ClF3N9O10. The Labute approximate surface area is 599 Å². The molecule has 6 aromatic rings. The van der Waals surface area contributed by atoms with Gasteiger partial charge in [0, 0.05) is 38.9 Å². The Morgan fingerprint density at radius 2 is 0.762 bits per heavy atom. The molecule has 3 fully saturated rings. The maximum absolute atomic E-state index is 13.4. The molecular weight excluding hydrogens is 1320 g/mol. The summed E-state index contributed by atoms with van der Waals surface area (Å²) in [5, 5.41) is 26.3. The SMILES string of the molecule is CCOC(=O)C1CCC(CC(=O)N2CCc3c(C)nn(C(C)c4ccc(F)cc4)c3C2)CC1.CCOC(=O)C1CCC(CC(=O)N2CCc3c(C)nn(C(C)c4ccc(F)cc4)c3C2)CC1.CCOC(=O)C1CCC(CC(=O)O)CC1.Cc1nn(C(C)c2ccc(F)cc2)c2c1CCNC2.Cl. The van der Waals surface area contributed by atoms with Crippen LogP contribution in [0.15, 0.2) is 72.8 Å². The van der Waals surface area contributed by atoms with E-state index in [0.717, 1.165) is 155 Å². The number of benzene rings is 3. The van der Waals surface area contributed by atoms with Gasteiger partial charge >= 0.3 is 23.9 Å². The fourth-order valence-electron chi connectivity index (χ4n) is 15.4. The summed E-state index contributed by atoms with van der Waals surface area (Å²) in [6.45, 7) is 23.5. The van der Waals surface area contributed by atoms with Gasteiger partial charge in [0.2, 0.25) is 11.8 Å². The zero-order valence-corrected chi connectivity index (χ0v) is 61.3. The molecule has 19 nitrogen and oxygen atoms in total. The first-order valence-corrected chi connectivity index (χ1v) is 36.5. The predicted octanol–water partition coefficient (Wildman–Crippen LogP) is 14.0. The summed E-state index contributed by atoms with van der Waals surface area (Å²) in [5.41, 5.74) is 13.4. The zero-order valence-electron chi connectivity index (χ0n) is 60.5. The molecule has 3 aromatic carbocycles. The van der Waals surface area contributed by atoms with Crippen LogP contribution < -0.4 is 5.32 Å². The van der Waals surface area contributed by atoms with E-state index in [4.69, 9.17) is 29.5 Å². The molecule has 3 aromatic heterocycles. The van der Waals surface area contributed by atoms with Crippen LogP contribution in [-0.4, -0.2) is 119 Å². The van der Waals surface area contributed by atoms with Gasteiger partial charge in [-0.05, 0) is 253 Å². The van der Waals surface area contributed by atoms with Crippen molar-refractivity contribution in [1.29, 1.82) is 0 Å². The van der Waals surface area contributed by atoms with E-state index in [-0.39, 0.29) is 108 Å². The Bertz CT molecular complexity index is 3560. The molecule has 0 spiro atoms. The second kappa shape index (κ2) is 37.4. The molecule has 3 aliphatic carbocycles. The summed E-state index contributed by atoms with van der Waals surface area (Å²) < 4.78 is 61.1. The molecule has 101 heavy (non-hydrogen) atoms. The Morgan fingerprint density at radius 1 is 0.465 bits per heavy atom. The van der Waals surface area contributed by atoms with E-state index < -0.39 is 5.97 Å². The van der Waals surface area contributed by atoms with Crippen molar-refractivity contribution in [2.75, 3.05) is 39.5 Å². The van der Waals surface area contributed by atoms with Gasteiger partial charge < -0.3 is 34.4 Å². The molecule has 0 radical (unpaired) electrons. The number of amides is 2. The first kappa shape index (κ1) is 78.9. The van der Waals surface area contributed by atoms with E-state index >= 15 is 0 Å². The van der Waals surface area contributed by atoms with E-state index in [9.17, 15) is 41.9 Å². The lowest BCUT2D eigenvalue weighted by Gasteiger charge is -2.32. The van der Waals surface area contributed by atoms with Crippen LogP contribution in [-0.2, 0) is 81.9 Å². The van der Waals surface area contributed by atoms with Gasteiger partial charge in [-0.1, -0.05) is 36.4 Å². The zero-order chi connectivity index (χ0) is 71.7. The average molecular weight is 1420 g/mol. The van der Waals surface area contributed by atoms with Crippen LogP contribution >= 0.6 is 12.4 Å². The van der Waals surface area contributed by atoms with Crippen molar-refractivity contribution in [3.8, 4) is 0 Å². The number of carbonyl (C=O) groups is 6. The molecule has 3 unspecified atom stereocenters. The number of aryl methyl sites for hydroxylation is 3. The van der Waals surface area contributed by atoms with Crippen LogP contribution in [0.2, 0.25) is 0 Å². The highest BCUT2D eigenvalue weighted by Crippen LogP contribution is 2.37. The van der Waals surface area contributed by atoms with Crippen LogP contribution in [0.25, 0.3) is 0 Å². The van der Waals surface area contributed by atoms with Gasteiger partial charge in [-0.25, -0.2) is 13.2 Å². The van der Waals surface area contributed by atoms with Gasteiger partial charge in [0.05, 0.1) is 103 Å². The number of aromatic nitrogens is 6. The summed E-state index contributed by atoms with van der Waals surface area (Å²) in [7, 11) is 0. The first-order chi connectivity index (χ1) is 48.0. The highest BCUT2D eigenvalue weighted by Gasteiger charge is 2.36. The molecule has 2 N–H and O–H groups in total. The van der Waals surface area contributed by atoms with Gasteiger partial charge in [0.15, 0.2) is 0 Å². The Hall–Kier alpha value is -7.85. The molecule has 6 heterocycles. The van der Waals surface area contributed by atoms with Crippen LogP contribution in [0.5, 0.6) is 0 Å². The van der Waals surface area contributed by atoms with Crippen molar-refractivity contribution in [3.05, 3.63) is 158 Å². The van der Waals surface area contributed by atoms with Crippen molar-refractivity contribution in [2.45, 2.75) is 216 Å². The summed E-state index contributed by atoms with van der Waals surface area (Å²) in [6, 6.07) is 19.8. The Kier molecular flexibility index (Phi) is 29.2. The third kappa shape index (κ3) is 20.7. The maximum atomic E-state index is 13.4. The van der Waals surface area contributed by atoms with E-state index in [2.05, 4.69) is 42.8 Å². The van der Waals surface area contributed by atoms with Crippen molar-refractivity contribution in [1.82, 2.24) is 44.5 Å². The predicted molar refractivity (Wildman–Crippen MR) is 380 cm³/mol. The normalized spacial score (nSPS) is 20.9. The monoisotopic (exact) mass is 1420 g/mol. The molecule has 550 valence electrons. The number of hydrogen-bond acceptors (Lipinski definition) is 13. The number of esters is 3. The van der Waals surface area contributed by atoms with Gasteiger partial charge in [-0.2, -0.15) is 15.3 Å². The number of ether oxygens (including phenoxy) is 3. The smallest absolute Gasteiger partial charge is 0.308 e. The highest BCUT2D eigenvalue weighted by atomic mass is 35.5. The number of carboxylic acid groups (broad SMARTS) is 1. The minimum atomic E-state index is -0.741. The van der Waals surface area contributed by atoms with Crippen molar-refractivity contribution < 1.29 is 61.3 Å². The Balaban J connectivity index is 0.000000179. The standard InChI is InChI=1S/2C26H34FN3O3.C15H18FN3.C11H18O4.ClH/c2*1-4-33-26(32)21-7-5-19(6-8-21)15-25(31)29-14-13-23-17(2)28-30(24(23)16-29)18(3)20-9-11-22(27)12-10-20;1-10-14-7-8-17-9-15(14)19(18-10)11(2)12-3-5-13(16)6-4-12;1-2-15-11(14)9-5-3-8(4-6-9)7-10(12)13;/h2*9-12,18-19,21H,4-8,13-16H2,1-3H3;3-6,11,17H,7-9H2,1-2H3;8-9H,2-7H2,1H3,(H,12,13);1H. The van der Waals surface area contributed by atoms with E-state index in [0.29, 0.717) is 70.7 Å². The number of fused-ring (bicyclic) bond motifs is 3. The van der Waals surface area contributed by atoms with E-state index in [1.54, 1.807) is 31.2 Å². The lowest BCUT2D eigenvalue weighted by molar-refractivity contribution is -0.150. The largest absolute Gasteiger partial charge is 0.481 e. The fourth-order valence-corrected chi connectivity index (χ4v) is 15.4. The first-order valence-electron chi connectivity index (χ1n) is 36.5. The number of aliphatic carboxylic acids is 1. The minimum Gasteiger partial charge on any atom is -0.481 e. The molecule has 3 saturated carbocycles. The lowest BCUT2D eigenvalue weighted by Crippen LogP contribution is -2.38. The number of carboxylic acids is 1. The summed E-state index contributed by atoms with van der Waals surface area (Å²) in [4.78, 5) is 76.0. The topological polar surface area (TPSA) is 222 Å². The minimum absolute atomic E-state index is 0. The number of halogens is 4. The molecule has 12 rings (SSSR count). The van der Waals surface area contributed by atoms with Gasteiger partial charge in [0.25, 0.3) is 0 Å². The molecule has 0 saturated heterocycles. The van der Waals surface area contributed by atoms with Gasteiger partial charge in [-0.15, -0.1) is 12.4 Å². The summed E-state index contributed by atoms with van der Waals surface area (Å²) >= 11 is 0. The molecule has 23 heteroatoms. The number of hydrogen-bond donors (Lipinski definition) is 2. The van der Waals surface area contributed by atoms with Crippen molar-refractivity contribution in [2.24, 2.45) is 35.5 Å². The summed E-state index contributed by atoms with van der Waals surface area (Å²) in [6.07, 6.45) is 14.0. The highest BCUT2D eigenvalue weighted by molar-refractivity contribution is 5.85. The van der Waals surface area contributed by atoms with Crippen LogP contribution in [0, 0.1) is 73.7 Å². The molecule has 3 atom stereocenters. The van der Waals surface area contributed by atoms with Crippen LogP contribution in [0.4, 0.5) is 13.2 Å². The number of rotatable bonds is 18. The van der Waals surface area contributed by atoms with Crippen LogP contribution in [0.1, 0.15) is 224 Å². The molecule has 6 aliphatic rings. The third-order valence-corrected chi connectivity index (χ3v) is 21.4. The summed E-state index contributed by atoms with van der Waals surface area (Å²) in [5.74, 6) is -0.521. The number of nitrogens with zero attached hydrogens (tertiary/aromatic N) is 8. The van der Waals surface area contributed by atoms with E-state index in [1.165, 1.54) is 58.8 Å². The quantitative estimate of drug-likeness (QED) is 0.0604. The van der Waals surface area contributed by atoms with Crippen LogP contribution in [0.3, 0.4) is 0 Å². The van der Waals surface area contributed by atoms with Gasteiger partial charge in [0.1, 0.15) is 17.5 Å². The fraction of sp³-hybridized carbons (Fsp3) is 0.577. The van der Waals surface area contributed by atoms with E-state index in [1.807, 2.05) is 59.0 Å². The average Bonchev–Trinajstić information content (AvgIpc) is 1.65. The lowest BCUT2D eigenvalue weighted by atomic mass is 9.80. The second-order valence-electron chi connectivity index (χ2n) is 28.0. The number of carbonyl (C=O) groups excluding carboxylic acids is 5. The van der Waals surface area contributed by atoms with Gasteiger partial charge in [-0.3, -0.25) is 42.8 Å². The third-order valence-electron chi connectivity index (χ3n) is 21.4. The number of nitrogens with one attached hydrogen (secondary N) is 1. The second-order valence-corrected chi connectivity index (χ2v) is 28.0. The molecule has 3 aliphatic heterocycles. The molecule has 0 bridgehead atoms. The molecule has 2 amide bonds. The van der Waals surface area contributed by atoms with Crippen molar-refractivity contribution in [3.63, 3.8) is 0 Å². The Morgan fingerprint density at radius 3 is 1.07 bits per heavy atom. The van der Waals surface area contributed by atoms with Crippen molar-refractivity contribution >= 4 is 48.1 Å². The maximum Gasteiger partial charge on any atom is 0.308 e.